The Morgan fingerprint density at radius 3 is 2.61 bits per heavy atom. The fourth-order valence-corrected chi connectivity index (χ4v) is 2.50. The van der Waals surface area contributed by atoms with Gasteiger partial charge in [-0.25, -0.2) is 14.4 Å². The van der Waals surface area contributed by atoms with E-state index in [0.717, 1.165) is 5.56 Å². The van der Waals surface area contributed by atoms with Crippen LogP contribution in [0.5, 0.6) is 0 Å². The van der Waals surface area contributed by atoms with Gasteiger partial charge in [0.15, 0.2) is 5.16 Å². The summed E-state index contributed by atoms with van der Waals surface area (Å²) in [6, 6.07) is 6.90. The molecule has 2 rings (SSSR count). The van der Waals surface area contributed by atoms with Gasteiger partial charge in [0, 0.05) is 18.4 Å². The van der Waals surface area contributed by atoms with E-state index in [1.54, 1.807) is 24.5 Å². The number of halogens is 1. The van der Waals surface area contributed by atoms with Crippen molar-refractivity contribution in [1.82, 2.24) is 15.3 Å². The van der Waals surface area contributed by atoms with Crippen molar-refractivity contribution >= 4 is 11.8 Å². The Morgan fingerprint density at radius 1 is 1.22 bits per heavy atom. The van der Waals surface area contributed by atoms with E-state index in [2.05, 4.69) is 15.3 Å². The average molecular weight is 263 g/mol. The minimum atomic E-state index is -0.243. The molecule has 0 saturated heterocycles. The van der Waals surface area contributed by atoms with Gasteiger partial charge in [-0.2, -0.15) is 0 Å². The van der Waals surface area contributed by atoms with E-state index in [1.165, 1.54) is 17.8 Å². The SMILES string of the molecule is CNC(C)c1cccc(F)c1Sc1ncccn1. The Balaban J connectivity index is 2.37. The summed E-state index contributed by atoms with van der Waals surface area (Å²) < 4.78 is 13.9. The van der Waals surface area contributed by atoms with Gasteiger partial charge in [0.1, 0.15) is 5.82 Å². The lowest BCUT2D eigenvalue weighted by atomic mass is 10.1. The van der Waals surface area contributed by atoms with Gasteiger partial charge < -0.3 is 5.32 Å². The molecular weight excluding hydrogens is 249 g/mol. The Hall–Kier alpha value is -1.46. The molecule has 0 fully saturated rings. The van der Waals surface area contributed by atoms with Crippen LogP contribution in [0.3, 0.4) is 0 Å². The molecule has 1 atom stereocenters. The van der Waals surface area contributed by atoms with Crippen LogP contribution >= 0.6 is 11.8 Å². The van der Waals surface area contributed by atoms with Crippen molar-refractivity contribution in [3.63, 3.8) is 0 Å². The van der Waals surface area contributed by atoms with E-state index in [9.17, 15) is 4.39 Å². The summed E-state index contributed by atoms with van der Waals surface area (Å²) in [5, 5.41) is 3.66. The molecule has 0 amide bonds. The summed E-state index contributed by atoms with van der Waals surface area (Å²) in [4.78, 5) is 8.79. The maximum Gasteiger partial charge on any atom is 0.192 e. The van der Waals surface area contributed by atoms with Crippen LogP contribution in [-0.2, 0) is 0 Å². The molecule has 0 spiro atoms. The summed E-state index contributed by atoms with van der Waals surface area (Å²) in [5.74, 6) is -0.243. The first-order valence-electron chi connectivity index (χ1n) is 5.63. The topological polar surface area (TPSA) is 37.8 Å². The van der Waals surface area contributed by atoms with Crippen LogP contribution in [0, 0.1) is 5.82 Å². The van der Waals surface area contributed by atoms with Crippen molar-refractivity contribution in [2.24, 2.45) is 0 Å². The summed E-state index contributed by atoms with van der Waals surface area (Å²) in [6.45, 7) is 1.99. The number of nitrogens with one attached hydrogen (secondary N) is 1. The number of hydrogen-bond donors (Lipinski definition) is 1. The number of aromatic nitrogens is 2. The van der Waals surface area contributed by atoms with Crippen LogP contribution in [-0.4, -0.2) is 17.0 Å². The predicted octanol–water partition coefficient (Wildman–Crippen LogP) is 3.05. The first-order valence-corrected chi connectivity index (χ1v) is 6.44. The molecule has 0 aliphatic rings. The van der Waals surface area contributed by atoms with Crippen LogP contribution in [0.1, 0.15) is 18.5 Å². The first kappa shape index (κ1) is 13.0. The van der Waals surface area contributed by atoms with Crippen molar-refractivity contribution in [1.29, 1.82) is 0 Å². The molecule has 0 bridgehead atoms. The van der Waals surface area contributed by atoms with Crippen LogP contribution < -0.4 is 5.32 Å². The predicted molar refractivity (Wildman–Crippen MR) is 70.0 cm³/mol. The van der Waals surface area contributed by atoms with E-state index < -0.39 is 0 Å². The first-order chi connectivity index (χ1) is 8.72. The molecule has 1 unspecified atom stereocenters. The second-order valence-corrected chi connectivity index (χ2v) is 4.78. The van der Waals surface area contributed by atoms with E-state index in [-0.39, 0.29) is 11.9 Å². The number of hydrogen-bond acceptors (Lipinski definition) is 4. The average Bonchev–Trinajstić information content (AvgIpc) is 2.41. The van der Waals surface area contributed by atoms with Gasteiger partial charge in [0.05, 0.1) is 4.90 Å². The maximum atomic E-state index is 13.9. The molecule has 0 radical (unpaired) electrons. The van der Waals surface area contributed by atoms with Crippen LogP contribution in [0.2, 0.25) is 0 Å². The molecule has 1 aromatic heterocycles. The van der Waals surface area contributed by atoms with E-state index in [0.29, 0.717) is 10.1 Å². The molecule has 0 aliphatic heterocycles. The minimum absolute atomic E-state index is 0.0758. The number of benzene rings is 1. The second kappa shape index (κ2) is 5.93. The number of rotatable bonds is 4. The Labute approximate surface area is 110 Å². The lowest BCUT2D eigenvalue weighted by Gasteiger charge is -2.15. The molecule has 1 heterocycles. The maximum absolute atomic E-state index is 13.9. The summed E-state index contributed by atoms with van der Waals surface area (Å²) >= 11 is 1.25. The minimum Gasteiger partial charge on any atom is -0.313 e. The highest BCUT2D eigenvalue weighted by molar-refractivity contribution is 7.99. The quantitative estimate of drug-likeness (QED) is 0.860. The van der Waals surface area contributed by atoms with Crippen LogP contribution in [0.25, 0.3) is 0 Å². The van der Waals surface area contributed by atoms with E-state index in [1.807, 2.05) is 20.0 Å². The molecule has 1 N–H and O–H groups in total. The lowest BCUT2D eigenvalue weighted by Crippen LogP contribution is -2.13. The summed E-state index contributed by atoms with van der Waals surface area (Å²) in [7, 11) is 1.85. The highest BCUT2D eigenvalue weighted by Gasteiger charge is 2.15. The van der Waals surface area contributed by atoms with Gasteiger partial charge in [-0.1, -0.05) is 12.1 Å². The molecule has 94 valence electrons. The van der Waals surface area contributed by atoms with Crippen molar-refractivity contribution in [2.45, 2.75) is 23.0 Å². The summed E-state index contributed by atoms with van der Waals surface area (Å²) in [5.41, 5.74) is 0.912. The zero-order valence-electron chi connectivity index (χ0n) is 10.2. The van der Waals surface area contributed by atoms with E-state index >= 15 is 0 Å². The van der Waals surface area contributed by atoms with E-state index in [4.69, 9.17) is 0 Å². The molecule has 3 nitrogen and oxygen atoms in total. The Kier molecular flexibility index (Phi) is 4.28. The smallest absolute Gasteiger partial charge is 0.192 e. The number of nitrogens with zero attached hydrogens (tertiary/aromatic N) is 2. The van der Waals surface area contributed by atoms with Gasteiger partial charge in [0.25, 0.3) is 0 Å². The van der Waals surface area contributed by atoms with Gasteiger partial charge >= 0.3 is 0 Å². The van der Waals surface area contributed by atoms with Gasteiger partial charge in [-0.05, 0) is 43.4 Å². The third-order valence-electron chi connectivity index (χ3n) is 2.63. The largest absolute Gasteiger partial charge is 0.313 e. The highest BCUT2D eigenvalue weighted by atomic mass is 32.2. The third-order valence-corrected chi connectivity index (χ3v) is 3.66. The molecule has 0 saturated carbocycles. The van der Waals surface area contributed by atoms with Crippen LogP contribution in [0.4, 0.5) is 4.39 Å². The molecule has 5 heteroatoms. The molecule has 2 aromatic rings. The molecular formula is C13H14FN3S. The van der Waals surface area contributed by atoms with Crippen molar-refractivity contribution in [3.05, 3.63) is 48.0 Å². The third kappa shape index (κ3) is 2.86. The van der Waals surface area contributed by atoms with Crippen molar-refractivity contribution in [3.8, 4) is 0 Å². The monoisotopic (exact) mass is 263 g/mol. The lowest BCUT2D eigenvalue weighted by molar-refractivity contribution is 0.575. The standard InChI is InChI=1S/C13H14FN3S/c1-9(15-2)10-5-3-6-11(14)12(10)18-13-16-7-4-8-17-13/h3-9,15H,1-2H3. The van der Waals surface area contributed by atoms with Gasteiger partial charge in [-0.3, -0.25) is 0 Å². The summed E-state index contributed by atoms with van der Waals surface area (Å²) in [6.07, 6.45) is 3.30. The van der Waals surface area contributed by atoms with Gasteiger partial charge in [0.2, 0.25) is 0 Å². The second-order valence-electron chi connectivity index (χ2n) is 3.80. The fourth-order valence-electron chi connectivity index (χ4n) is 1.56. The van der Waals surface area contributed by atoms with Crippen molar-refractivity contribution in [2.75, 3.05) is 7.05 Å². The normalized spacial score (nSPS) is 12.4. The van der Waals surface area contributed by atoms with Crippen LogP contribution in [0.15, 0.2) is 46.7 Å². The van der Waals surface area contributed by atoms with Gasteiger partial charge in [-0.15, -0.1) is 0 Å². The fraction of sp³-hybridized carbons (Fsp3) is 0.231. The molecule has 0 aliphatic carbocycles. The van der Waals surface area contributed by atoms with Crippen molar-refractivity contribution < 1.29 is 4.39 Å². The Morgan fingerprint density at radius 2 is 1.94 bits per heavy atom. The zero-order chi connectivity index (χ0) is 13.0. The highest BCUT2D eigenvalue weighted by Crippen LogP contribution is 2.33. The molecule has 18 heavy (non-hydrogen) atoms. The Bertz CT molecular complexity index is 519. The molecule has 1 aromatic carbocycles. The zero-order valence-corrected chi connectivity index (χ0v) is 11.0.